The molecule has 10 heteroatoms. The average molecular weight is 560 g/mol. The summed E-state index contributed by atoms with van der Waals surface area (Å²) in [7, 11) is 0. The van der Waals surface area contributed by atoms with Crippen molar-refractivity contribution in [2.45, 2.75) is 25.1 Å². The van der Waals surface area contributed by atoms with Gasteiger partial charge < -0.3 is 15.4 Å². The summed E-state index contributed by atoms with van der Waals surface area (Å²) in [6, 6.07) is 20.0. The zero-order valence-electron chi connectivity index (χ0n) is 21.6. The maximum Gasteiger partial charge on any atom is 0.416 e. The molecule has 1 aliphatic rings. The maximum absolute atomic E-state index is 13.2. The lowest BCUT2D eigenvalue weighted by molar-refractivity contribution is -0.139. The number of carbonyl (C=O) groups excluding carboxylic acids is 3. The number of pyridine rings is 1. The van der Waals surface area contributed by atoms with Crippen LogP contribution in [0.2, 0.25) is 0 Å². The van der Waals surface area contributed by atoms with Crippen LogP contribution in [0.25, 0.3) is 11.1 Å². The van der Waals surface area contributed by atoms with Gasteiger partial charge in [0.15, 0.2) is 0 Å². The molecule has 0 saturated heterocycles. The minimum atomic E-state index is -4.47. The molecule has 0 aliphatic carbocycles. The predicted molar refractivity (Wildman–Crippen MR) is 144 cm³/mol. The van der Waals surface area contributed by atoms with E-state index in [1.165, 1.54) is 29.2 Å². The van der Waals surface area contributed by atoms with Gasteiger partial charge in [-0.3, -0.25) is 14.6 Å². The number of amides is 2. The molecule has 7 nitrogen and oxygen atoms in total. The summed E-state index contributed by atoms with van der Waals surface area (Å²) < 4.78 is 44.6. The number of aromatic nitrogens is 1. The Morgan fingerprint density at radius 1 is 0.951 bits per heavy atom. The van der Waals surface area contributed by atoms with Gasteiger partial charge in [0.1, 0.15) is 11.8 Å². The normalized spacial score (nSPS) is 14.7. The minimum Gasteiger partial charge on any atom is -0.423 e. The number of hydrogen-bond donors (Lipinski definition) is 1. The van der Waals surface area contributed by atoms with Gasteiger partial charge in [-0.25, -0.2) is 4.79 Å². The van der Waals surface area contributed by atoms with Crippen molar-refractivity contribution in [3.05, 3.63) is 119 Å². The topological polar surface area (TPSA) is 103 Å². The summed E-state index contributed by atoms with van der Waals surface area (Å²) in [6.07, 6.45) is -2.46. The Labute approximate surface area is 233 Å². The highest BCUT2D eigenvalue weighted by atomic mass is 19.4. The van der Waals surface area contributed by atoms with Crippen LogP contribution in [-0.2, 0) is 28.6 Å². The van der Waals surface area contributed by atoms with Crippen LogP contribution in [0.4, 0.5) is 13.2 Å². The van der Waals surface area contributed by atoms with Crippen LogP contribution in [0.5, 0.6) is 5.75 Å². The molecule has 208 valence electrons. The van der Waals surface area contributed by atoms with Crippen molar-refractivity contribution < 1.29 is 32.3 Å². The number of nitrogens with zero attached hydrogens (tertiary/aromatic N) is 2. The van der Waals surface area contributed by atoms with Crippen LogP contribution >= 0.6 is 0 Å². The SMILES string of the molecule is NC(=O)C1c2ccc(OC(=O)c3ccccc3-c3ccc(C(F)(F)F)cc3)cc2CCN1C(=O)Cc1ccccn1. The summed E-state index contributed by atoms with van der Waals surface area (Å²) in [5.74, 6) is -1.45. The van der Waals surface area contributed by atoms with Crippen LogP contribution < -0.4 is 10.5 Å². The summed E-state index contributed by atoms with van der Waals surface area (Å²) in [6.45, 7) is 0.237. The molecule has 2 amide bonds. The van der Waals surface area contributed by atoms with Crippen LogP contribution in [0.3, 0.4) is 0 Å². The number of rotatable bonds is 6. The molecular weight excluding hydrogens is 535 g/mol. The quantitative estimate of drug-likeness (QED) is 0.260. The Bertz CT molecular complexity index is 1610. The highest BCUT2D eigenvalue weighted by Gasteiger charge is 2.35. The first-order valence-electron chi connectivity index (χ1n) is 12.7. The number of esters is 1. The summed E-state index contributed by atoms with van der Waals surface area (Å²) >= 11 is 0. The first-order chi connectivity index (χ1) is 19.6. The van der Waals surface area contributed by atoms with Crippen LogP contribution in [0, 0.1) is 0 Å². The van der Waals surface area contributed by atoms with Crippen molar-refractivity contribution in [2.75, 3.05) is 6.54 Å². The standard InChI is InChI=1S/C31H24F3N3O4/c32-31(33,34)21-10-8-19(9-11-21)24-6-1-2-7-26(24)30(40)41-23-12-13-25-20(17-23)14-16-37(28(25)29(35)39)27(38)18-22-5-3-4-15-36-22/h1-13,15,17,28H,14,16,18H2,(H2,35,39). The number of carbonyl (C=O) groups is 3. The van der Waals surface area contributed by atoms with Crippen molar-refractivity contribution in [1.29, 1.82) is 0 Å². The van der Waals surface area contributed by atoms with Crippen molar-refractivity contribution >= 4 is 17.8 Å². The summed E-state index contributed by atoms with van der Waals surface area (Å²) in [5.41, 5.74) is 7.76. The molecule has 1 unspecified atom stereocenters. The van der Waals surface area contributed by atoms with Gasteiger partial charge in [-0.05, 0) is 71.1 Å². The zero-order chi connectivity index (χ0) is 29.1. The number of fused-ring (bicyclic) bond motifs is 1. The monoisotopic (exact) mass is 559 g/mol. The fourth-order valence-corrected chi connectivity index (χ4v) is 4.92. The number of nitrogens with two attached hydrogens (primary N) is 1. The van der Waals surface area contributed by atoms with Gasteiger partial charge in [-0.1, -0.05) is 42.5 Å². The molecule has 0 radical (unpaired) electrons. The molecule has 0 fully saturated rings. The molecule has 1 aliphatic heterocycles. The van der Waals surface area contributed by atoms with Gasteiger partial charge in [-0.15, -0.1) is 0 Å². The summed E-state index contributed by atoms with van der Waals surface area (Å²) in [5, 5.41) is 0. The molecule has 5 rings (SSSR count). The Hall–Kier alpha value is -4.99. The van der Waals surface area contributed by atoms with Crippen LogP contribution in [0.15, 0.2) is 91.1 Å². The number of primary amides is 1. The highest BCUT2D eigenvalue weighted by Crippen LogP contribution is 2.34. The van der Waals surface area contributed by atoms with E-state index >= 15 is 0 Å². The van der Waals surface area contributed by atoms with Crippen LogP contribution in [0.1, 0.15) is 38.8 Å². The average Bonchev–Trinajstić information content (AvgIpc) is 2.96. The lowest BCUT2D eigenvalue weighted by atomic mass is 9.91. The van der Waals surface area contributed by atoms with E-state index in [1.807, 2.05) is 0 Å². The van der Waals surface area contributed by atoms with E-state index in [0.717, 1.165) is 12.1 Å². The second-order valence-corrected chi connectivity index (χ2v) is 9.51. The lowest BCUT2D eigenvalue weighted by Gasteiger charge is -2.35. The molecule has 1 atom stereocenters. The third kappa shape index (κ3) is 5.96. The molecule has 3 aromatic carbocycles. The molecule has 1 aromatic heterocycles. The van der Waals surface area contributed by atoms with Gasteiger partial charge in [0.25, 0.3) is 0 Å². The van der Waals surface area contributed by atoms with E-state index in [0.29, 0.717) is 34.4 Å². The van der Waals surface area contributed by atoms with Crippen molar-refractivity contribution in [3.8, 4) is 16.9 Å². The van der Waals surface area contributed by atoms with E-state index in [1.54, 1.807) is 54.7 Å². The van der Waals surface area contributed by atoms with Gasteiger partial charge in [0.05, 0.1) is 17.5 Å². The largest absolute Gasteiger partial charge is 0.423 e. The first-order valence-corrected chi connectivity index (χ1v) is 12.7. The number of alkyl halides is 3. The molecule has 4 aromatic rings. The van der Waals surface area contributed by atoms with Crippen LogP contribution in [-0.4, -0.2) is 34.2 Å². The van der Waals surface area contributed by atoms with E-state index in [9.17, 15) is 27.6 Å². The second-order valence-electron chi connectivity index (χ2n) is 9.51. The highest BCUT2D eigenvalue weighted by molar-refractivity contribution is 5.98. The predicted octanol–water partition coefficient (Wildman–Crippen LogP) is 5.14. The van der Waals surface area contributed by atoms with Crippen molar-refractivity contribution in [3.63, 3.8) is 0 Å². The summed E-state index contributed by atoms with van der Waals surface area (Å²) in [4.78, 5) is 44.2. The Morgan fingerprint density at radius 2 is 1.68 bits per heavy atom. The molecular formula is C31H24F3N3O4. The number of hydrogen-bond acceptors (Lipinski definition) is 5. The lowest BCUT2D eigenvalue weighted by Crippen LogP contribution is -2.46. The van der Waals surface area contributed by atoms with Gasteiger partial charge in [0, 0.05) is 18.4 Å². The second kappa shape index (κ2) is 11.2. The number of benzene rings is 3. The van der Waals surface area contributed by atoms with Gasteiger partial charge >= 0.3 is 12.1 Å². The minimum absolute atomic E-state index is 0.0218. The third-order valence-corrected chi connectivity index (χ3v) is 6.87. The smallest absolute Gasteiger partial charge is 0.416 e. The Kier molecular flexibility index (Phi) is 7.56. The first kappa shape index (κ1) is 27.6. The fraction of sp³-hybridized carbons (Fsp3) is 0.161. The molecule has 41 heavy (non-hydrogen) atoms. The van der Waals surface area contributed by atoms with E-state index < -0.39 is 29.7 Å². The van der Waals surface area contributed by atoms with Gasteiger partial charge in [-0.2, -0.15) is 13.2 Å². The van der Waals surface area contributed by atoms with Crippen molar-refractivity contribution in [1.82, 2.24) is 9.88 Å². The number of ether oxygens (including phenoxy) is 1. The molecule has 2 heterocycles. The Balaban J connectivity index is 1.36. The van der Waals surface area contributed by atoms with Gasteiger partial charge in [0.2, 0.25) is 11.8 Å². The maximum atomic E-state index is 13.2. The van der Waals surface area contributed by atoms with E-state index in [-0.39, 0.29) is 30.2 Å². The van der Waals surface area contributed by atoms with E-state index in [4.69, 9.17) is 10.5 Å². The zero-order valence-corrected chi connectivity index (χ0v) is 21.6. The Morgan fingerprint density at radius 3 is 2.37 bits per heavy atom. The molecule has 2 N–H and O–H groups in total. The number of halogens is 3. The molecule has 0 saturated carbocycles. The molecule has 0 spiro atoms. The molecule has 0 bridgehead atoms. The van der Waals surface area contributed by atoms with Crippen molar-refractivity contribution in [2.24, 2.45) is 5.73 Å². The van der Waals surface area contributed by atoms with E-state index in [2.05, 4.69) is 4.98 Å². The third-order valence-electron chi connectivity index (χ3n) is 6.87. The fourth-order valence-electron chi connectivity index (χ4n) is 4.92.